The van der Waals surface area contributed by atoms with Gasteiger partial charge in [0.1, 0.15) is 5.58 Å². The quantitative estimate of drug-likeness (QED) is 0.853. The minimum atomic E-state index is -0.880. The summed E-state index contributed by atoms with van der Waals surface area (Å²) in [6.07, 6.45) is 1.42. The molecule has 0 aliphatic rings. The van der Waals surface area contributed by atoms with Crippen LogP contribution in [0.1, 0.15) is 11.1 Å². The molecule has 15 heavy (non-hydrogen) atoms. The average Bonchev–Trinajstić information content (AvgIpc) is 2.49. The van der Waals surface area contributed by atoms with E-state index in [2.05, 4.69) is 0 Å². The van der Waals surface area contributed by atoms with Gasteiger partial charge in [-0.2, -0.15) is 0 Å². The number of aryl methyl sites for hydroxylation is 1. The summed E-state index contributed by atoms with van der Waals surface area (Å²) in [5.41, 5.74) is 2.24. The maximum atomic E-state index is 10.6. The van der Waals surface area contributed by atoms with Gasteiger partial charge < -0.3 is 9.52 Å². The van der Waals surface area contributed by atoms with Crippen LogP contribution in [-0.2, 0) is 11.2 Å². The molecule has 0 aliphatic heterocycles. The largest absolute Gasteiger partial charge is 0.481 e. The van der Waals surface area contributed by atoms with E-state index in [1.54, 1.807) is 6.07 Å². The van der Waals surface area contributed by atoms with Gasteiger partial charge in [0.25, 0.3) is 0 Å². The number of carboxylic acids is 1. The summed E-state index contributed by atoms with van der Waals surface area (Å²) in [5, 5.41) is 10.1. The smallest absolute Gasteiger partial charge is 0.307 e. The highest BCUT2D eigenvalue weighted by Crippen LogP contribution is 2.27. The topological polar surface area (TPSA) is 50.4 Å². The molecule has 2 rings (SSSR count). The van der Waals surface area contributed by atoms with Crippen molar-refractivity contribution < 1.29 is 14.3 Å². The van der Waals surface area contributed by atoms with Gasteiger partial charge in [0.15, 0.2) is 0 Å². The highest BCUT2D eigenvalue weighted by atomic mass is 35.5. The lowest BCUT2D eigenvalue weighted by Gasteiger charge is -1.98. The van der Waals surface area contributed by atoms with Crippen molar-refractivity contribution in [1.82, 2.24) is 0 Å². The Bertz CT molecular complexity index is 528. The predicted molar refractivity (Wildman–Crippen MR) is 57.3 cm³/mol. The van der Waals surface area contributed by atoms with Crippen LogP contribution in [0.4, 0.5) is 0 Å². The van der Waals surface area contributed by atoms with E-state index in [9.17, 15) is 4.79 Å². The Morgan fingerprint density at radius 1 is 1.53 bits per heavy atom. The summed E-state index contributed by atoms with van der Waals surface area (Å²) < 4.78 is 5.26. The van der Waals surface area contributed by atoms with Gasteiger partial charge in [-0.05, 0) is 24.6 Å². The van der Waals surface area contributed by atoms with E-state index in [4.69, 9.17) is 21.1 Å². The molecule has 0 atom stereocenters. The SMILES string of the molecule is Cc1cc2occ(CC(=O)O)c2cc1Cl. The molecule has 0 saturated heterocycles. The zero-order valence-electron chi connectivity index (χ0n) is 8.08. The van der Waals surface area contributed by atoms with Crippen LogP contribution in [0, 0.1) is 6.92 Å². The number of carboxylic acid groups (broad SMARTS) is 1. The molecular formula is C11H9ClO3. The van der Waals surface area contributed by atoms with Gasteiger partial charge in [0, 0.05) is 16.0 Å². The molecule has 0 saturated carbocycles. The van der Waals surface area contributed by atoms with Crippen LogP contribution in [0.2, 0.25) is 5.02 Å². The van der Waals surface area contributed by atoms with Gasteiger partial charge in [-0.25, -0.2) is 0 Å². The van der Waals surface area contributed by atoms with Gasteiger partial charge in [-0.1, -0.05) is 11.6 Å². The first kappa shape index (κ1) is 10.1. The van der Waals surface area contributed by atoms with Gasteiger partial charge in [-0.3, -0.25) is 4.79 Å². The number of fused-ring (bicyclic) bond motifs is 1. The van der Waals surface area contributed by atoms with Crippen molar-refractivity contribution in [2.24, 2.45) is 0 Å². The molecule has 0 spiro atoms. The van der Waals surface area contributed by atoms with Crippen molar-refractivity contribution in [3.05, 3.63) is 34.5 Å². The number of furan rings is 1. The van der Waals surface area contributed by atoms with Gasteiger partial charge in [0.05, 0.1) is 12.7 Å². The van der Waals surface area contributed by atoms with Crippen LogP contribution in [0.15, 0.2) is 22.8 Å². The minimum absolute atomic E-state index is 0.0492. The molecule has 1 aromatic heterocycles. The normalized spacial score (nSPS) is 10.8. The molecule has 0 unspecified atom stereocenters. The Hall–Kier alpha value is -1.48. The lowest BCUT2D eigenvalue weighted by atomic mass is 10.1. The first-order valence-corrected chi connectivity index (χ1v) is 4.83. The van der Waals surface area contributed by atoms with Crippen molar-refractivity contribution in [3.63, 3.8) is 0 Å². The second-order valence-electron chi connectivity index (χ2n) is 3.43. The first-order valence-electron chi connectivity index (χ1n) is 4.46. The zero-order chi connectivity index (χ0) is 11.0. The maximum Gasteiger partial charge on any atom is 0.307 e. The van der Waals surface area contributed by atoms with Crippen LogP contribution in [0.25, 0.3) is 11.0 Å². The molecule has 0 radical (unpaired) electrons. The molecule has 2 aromatic rings. The van der Waals surface area contributed by atoms with E-state index in [1.165, 1.54) is 6.26 Å². The number of hydrogen-bond acceptors (Lipinski definition) is 2. The third-order valence-corrected chi connectivity index (χ3v) is 2.68. The number of benzene rings is 1. The van der Waals surface area contributed by atoms with Gasteiger partial charge in [-0.15, -0.1) is 0 Å². The second-order valence-corrected chi connectivity index (χ2v) is 3.84. The van der Waals surface area contributed by atoms with Gasteiger partial charge >= 0.3 is 5.97 Å². The summed E-state index contributed by atoms with van der Waals surface area (Å²) in [6.45, 7) is 1.88. The zero-order valence-corrected chi connectivity index (χ0v) is 8.84. The lowest BCUT2D eigenvalue weighted by molar-refractivity contribution is -0.136. The third-order valence-electron chi connectivity index (χ3n) is 2.28. The number of hydrogen-bond donors (Lipinski definition) is 1. The van der Waals surface area contributed by atoms with Crippen LogP contribution in [-0.4, -0.2) is 11.1 Å². The van der Waals surface area contributed by atoms with Crippen molar-refractivity contribution in [2.45, 2.75) is 13.3 Å². The number of rotatable bonds is 2. The van der Waals surface area contributed by atoms with E-state index in [0.29, 0.717) is 16.2 Å². The van der Waals surface area contributed by atoms with Crippen molar-refractivity contribution in [1.29, 1.82) is 0 Å². The standard InChI is InChI=1S/C11H9ClO3/c1-6-2-10-8(4-9(6)12)7(5-15-10)3-11(13)14/h2,4-5H,3H2,1H3,(H,13,14). The summed E-state index contributed by atoms with van der Waals surface area (Å²) >= 11 is 5.96. The summed E-state index contributed by atoms with van der Waals surface area (Å²) in [5.74, 6) is -0.880. The maximum absolute atomic E-state index is 10.6. The van der Waals surface area contributed by atoms with Crippen LogP contribution < -0.4 is 0 Å². The first-order chi connectivity index (χ1) is 7.08. The van der Waals surface area contributed by atoms with E-state index in [1.807, 2.05) is 13.0 Å². The summed E-state index contributed by atoms with van der Waals surface area (Å²) in [7, 11) is 0. The average molecular weight is 225 g/mol. The molecule has 1 heterocycles. The Morgan fingerprint density at radius 3 is 2.93 bits per heavy atom. The van der Waals surface area contributed by atoms with Gasteiger partial charge in [0.2, 0.25) is 0 Å². The molecule has 3 nitrogen and oxygen atoms in total. The third kappa shape index (κ3) is 1.83. The Labute approximate surface area is 91.3 Å². The lowest BCUT2D eigenvalue weighted by Crippen LogP contribution is -1.98. The molecule has 0 amide bonds. The van der Waals surface area contributed by atoms with Crippen molar-refractivity contribution >= 4 is 28.5 Å². The van der Waals surface area contributed by atoms with Crippen LogP contribution in [0.5, 0.6) is 0 Å². The highest BCUT2D eigenvalue weighted by Gasteiger charge is 2.10. The van der Waals surface area contributed by atoms with E-state index in [-0.39, 0.29) is 6.42 Å². The molecule has 4 heteroatoms. The number of halogens is 1. The minimum Gasteiger partial charge on any atom is -0.481 e. The molecule has 0 fully saturated rings. The molecule has 1 N–H and O–H groups in total. The monoisotopic (exact) mass is 224 g/mol. The predicted octanol–water partition coefficient (Wildman–Crippen LogP) is 3.02. The number of aliphatic carboxylic acids is 1. The fourth-order valence-electron chi connectivity index (χ4n) is 1.50. The fraction of sp³-hybridized carbons (Fsp3) is 0.182. The van der Waals surface area contributed by atoms with E-state index >= 15 is 0 Å². The molecule has 1 aromatic carbocycles. The summed E-state index contributed by atoms with van der Waals surface area (Å²) in [4.78, 5) is 10.6. The Kier molecular flexibility index (Phi) is 2.40. The molecule has 0 bridgehead atoms. The van der Waals surface area contributed by atoms with Crippen molar-refractivity contribution in [3.8, 4) is 0 Å². The summed E-state index contributed by atoms with van der Waals surface area (Å²) in [6, 6.07) is 3.55. The Balaban J connectivity index is 2.59. The fourth-order valence-corrected chi connectivity index (χ4v) is 1.67. The van der Waals surface area contributed by atoms with Crippen LogP contribution >= 0.6 is 11.6 Å². The molecule has 78 valence electrons. The Morgan fingerprint density at radius 2 is 2.27 bits per heavy atom. The molecule has 0 aliphatic carbocycles. The van der Waals surface area contributed by atoms with Crippen molar-refractivity contribution in [2.75, 3.05) is 0 Å². The second kappa shape index (κ2) is 3.59. The van der Waals surface area contributed by atoms with Crippen LogP contribution in [0.3, 0.4) is 0 Å². The molecular weight excluding hydrogens is 216 g/mol. The van der Waals surface area contributed by atoms with E-state index < -0.39 is 5.97 Å². The highest BCUT2D eigenvalue weighted by molar-refractivity contribution is 6.32. The number of carbonyl (C=O) groups is 1. The van der Waals surface area contributed by atoms with E-state index in [0.717, 1.165) is 10.9 Å².